The van der Waals surface area contributed by atoms with Crippen LogP contribution >= 0.6 is 0 Å². The molecule has 1 aliphatic carbocycles. The van der Waals surface area contributed by atoms with Gasteiger partial charge in [-0.05, 0) is 39.3 Å². The van der Waals surface area contributed by atoms with E-state index in [1.165, 1.54) is 24.8 Å². The maximum atomic E-state index is 5.60. The molecule has 0 radical (unpaired) electrons. The molecule has 0 spiro atoms. The van der Waals surface area contributed by atoms with E-state index in [1.54, 1.807) is 0 Å². The van der Waals surface area contributed by atoms with Crippen molar-refractivity contribution < 1.29 is 4.42 Å². The second-order valence-electron chi connectivity index (χ2n) is 5.25. The molecule has 0 amide bonds. The third-order valence-corrected chi connectivity index (χ3v) is 3.63. The lowest BCUT2D eigenvalue weighted by molar-refractivity contribution is 0.225. The topological polar surface area (TPSA) is 28.4 Å². The summed E-state index contributed by atoms with van der Waals surface area (Å²) in [5.41, 5.74) is 1.27. The maximum absolute atomic E-state index is 5.60. The van der Waals surface area contributed by atoms with E-state index in [9.17, 15) is 0 Å². The van der Waals surface area contributed by atoms with Crippen LogP contribution in [0.15, 0.2) is 16.7 Å². The summed E-state index contributed by atoms with van der Waals surface area (Å²) in [6.45, 7) is 6.31. The molecule has 0 aliphatic heterocycles. The molecule has 0 aromatic carbocycles. The Labute approximate surface area is 104 Å². The van der Waals surface area contributed by atoms with Gasteiger partial charge in [0.05, 0.1) is 12.8 Å². The summed E-state index contributed by atoms with van der Waals surface area (Å²) in [6.07, 6.45) is 5.73. The van der Waals surface area contributed by atoms with Crippen molar-refractivity contribution in [1.29, 1.82) is 0 Å². The summed E-state index contributed by atoms with van der Waals surface area (Å²) in [5.74, 6) is 1.07. The Bertz CT molecular complexity index is 344. The Morgan fingerprint density at radius 2 is 2.29 bits per heavy atom. The van der Waals surface area contributed by atoms with Crippen LogP contribution in [0.25, 0.3) is 0 Å². The first-order valence-corrected chi connectivity index (χ1v) is 6.69. The van der Waals surface area contributed by atoms with Crippen LogP contribution in [0.1, 0.15) is 44.4 Å². The molecule has 3 nitrogen and oxygen atoms in total. The summed E-state index contributed by atoms with van der Waals surface area (Å²) in [7, 11) is 2.15. The van der Waals surface area contributed by atoms with Gasteiger partial charge in [-0.15, -0.1) is 0 Å². The second-order valence-corrected chi connectivity index (χ2v) is 5.25. The molecule has 0 saturated heterocycles. The molecule has 3 heteroatoms. The third-order valence-electron chi connectivity index (χ3n) is 3.63. The molecular weight excluding hydrogens is 212 g/mol. The molecule has 1 saturated carbocycles. The van der Waals surface area contributed by atoms with Gasteiger partial charge in [-0.25, -0.2) is 0 Å². The number of nitrogens with zero attached hydrogens (tertiary/aromatic N) is 1. The summed E-state index contributed by atoms with van der Waals surface area (Å²) in [4.78, 5) is 2.33. The van der Waals surface area contributed by atoms with Crippen LogP contribution in [0.3, 0.4) is 0 Å². The van der Waals surface area contributed by atoms with Crippen LogP contribution in [0.4, 0.5) is 0 Å². The van der Waals surface area contributed by atoms with E-state index < -0.39 is 0 Å². The predicted molar refractivity (Wildman–Crippen MR) is 69.8 cm³/mol. The van der Waals surface area contributed by atoms with Gasteiger partial charge in [0.1, 0.15) is 5.76 Å². The van der Waals surface area contributed by atoms with Crippen molar-refractivity contribution in [2.75, 3.05) is 7.05 Å². The van der Waals surface area contributed by atoms with Crippen LogP contribution in [0.5, 0.6) is 0 Å². The van der Waals surface area contributed by atoms with Gasteiger partial charge in [0.15, 0.2) is 0 Å². The zero-order valence-corrected chi connectivity index (χ0v) is 11.2. The highest BCUT2D eigenvalue weighted by Gasteiger charge is 2.20. The van der Waals surface area contributed by atoms with Crippen molar-refractivity contribution in [3.05, 3.63) is 23.7 Å². The molecule has 1 atom stereocenters. The highest BCUT2D eigenvalue weighted by atomic mass is 16.3. The molecule has 1 unspecified atom stereocenters. The molecule has 1 N–H and O–H groups in total. The van der Waals surface area contributed by atoms with Gasteiger partial charge in [0.25, 0.3) is 0 Å². The fourth-order valence-corrected chi connectivity index (χ4v) is 1.86. The average Bonchev–Trinajstić information content (AvgIpc) is 3.06. The van der Waals surface area contributed by atoms with Gasteiger partial charge in [-0.2, -0.15) is 0 Å². The fraction of sp³-hybridized carbons (Fsp3) is 0.714. The maximum Gasteiger partial charge on any atom is 0.118 e. The van der Waals surface area contributed by atoms with Gasteiger partial charge < -0.3 is 9.73 Å². The molecule has 96 valence electrons. The summed E-state index contributed by atoms with van der Waals surface area (Å²) < 4.78 is 5.60. The van der Waals surface area contributed by atoms with Crippen molar-refractivity contribution in [3.63, 3.8) is 0 Å². The average molecular weight is 236 g/mol. The lowest BCUT2D eigenvalue weighted by atomic mass is 10.2. The van der Waals surface area contributed by atoms with Crippen molar-refractivity contribution in [2.24, 2.45) is 0 Å². The number of rotatable bonds is 7. The smallest absolute Gasteiger partial charge is 0.118 e. The Kier molecular flexibility index (Phi) is 4.24. The molecule has 0 bridgehead atoms. The van der Waals surface area contributed by atoms with E-state index in [4.69, 9.17) is 4.42 Å². The number of nitrogens with one attached hydrogen (secondary N) is 1. The van der Waals surface area contributed by atoms with Crippen LogP contribution < -0.4 is 5.32 Å². The lowest BCUT2D eigenvalue weighted by Crippen LogP contribution is -2.27. The van der Waals surface area contributed by atoms with Gasteiger partial charge in [0.2, 0.25) is 0 Å². The lowest BCUT2D eigenvalue weighted by Gasteiger charge is -2.21. The van der Waals surface area contributed by atoms with Crippen LogP contribution in [0.2, 0.25) is 0 Å². The summed E-state index contributed by atoms with van der Waals surface area (Å²) in [5, 5.41) is 3.50. The van der Waals surface area contributed by atoms with E-state index in [0.29, 0.717) is 6.04 Å². The zero-order valence-electron chi connectivity index (χ0n) is 11.2. The highest BCUT2D eigenvalue weighted by Crippen LogP contribution is 2.20. The minimum atomic E-state index is 0.605. The van der Waals surface area contributed by atoms with Gasteiger partial charge >= 0.3 is 0 Å². The Morgan fingerprint density at radius 3 is 2.94 bits per heavy atom. The fourth-order valence-electron chi connectivity index (χ4n) is 1.86. The zero-order chi connectivity index (χ0) is 12.3. The van der Waals surface area contributed by atoms with Crippen LogP contribution in [0, 0.1) is 0 Å². The molecule has 1 heterocycles. The molecular formula is C14H24N2O. The largest absolute Gasteiger partial charge is 0.468 e. The van der Waals surface area contributed by atoms with Gasteiger partial charge in [0, 0.05) is 24.2 Å². The Hall–Kier alpha value is -0.800. The third kappa shape index (κ3) is 3.86. The normalized spacial score (nSPS) is 17.6. The van der Waals surface area contributed by atoms with Crippen molar-refractivity contribution in [1.82, 2.24) is 10.2 Å². The first-order valence-electron chi connectivity index (χ1n) is 6.69. The van der Waals surface area contributed by atoms with Crippen molar-refractivity contribution >= 4 is 0 Å². The van der Waals surface area contributed by atoms with Crippen molar-refractivity contribution in [2.45, 2.75) is 58.3 Å². The molecule has 1 aliphatic rings. The quantitative estimate of drug-likeness (QED) is 0.789. The molecule has 17 heavy (non-hydrogen) atoms. The highest BCUT2D eigenvalue weighted by molar-refractivity contribution is 5.13. The van der Waals surface area contributed by atoms with Gasteiger partial charge in [-0.3, -0.25) is 4.90 Å². The van der Waals surface area contributed by atoms with Crippen molar-refractivity contribution in [3.8, 4) is 0 Å². The Balaban J connectivity index is 1.80. The monoisotopic (exact) mass is 236 g/mol. The van der Waals surface area contributed by atoms with E-state index >= 15 is 0 Å². The molecule has 1 aromatic heterocycles. The Morgan fingerprint density at radius 1 is 1.53 bits per heavy atom. The second kappa shape index (κ2) is 5.69. The SMILES string of the molecule is CCC(C)N(C)Cc1cc(CNC2CC2)co1. The minimum absolute atomic E-state index is 0.605. The van der Waals surface area contributed by atoms with E-state index in [1.807, 2.05) is 6.26 Å². The van der Waals surface area contributed by atoms with Crippen LogP contribution in [-0.4, -0.2) is 24.0 Å². The number of hydrogen-bond donors (Lipinski definition) is 1. The molecule has 2 rings (SSSR count). The van der Waals surface area contributed by atoms with E-state index in [2.05, 4.69) is 37.2 Å². The number of furan rings is 1. The molecule has 1 aromatic rings. The minimum Gasteiger partial charge on any atom is -0.468 e. The summed E-state index contributed by atoms with van der Waals surface area (Å²) in [6, 6.07) is 3.54. The first-order chi connectivity index (χ1) is 8.19. The van der Waals surface area contributed by atoms with Gasteiger partial charge in [-0.1, -0.05) is 6.92 Å². The summed E-state index contributed by atoms with van der Waals surface area (Å²) >= 11 is 0. The standard InChI is InChI=1S/C14H24N2O/c1-4-11(2)16(3)9-14-7-12(10-17-14)8-15-13-5-6-13/h7,10-11,13,15H,4-6,8-9H2,1-3H3. The van der Waals surface area contributed by atoms with E-state index in [-0.39, 0.29) is 0 Å². The number of hydrogen-bond acceptors (Lipinski definition) is 3. The van der Waals surface area contributed by atoms with E-state index in [0.717, 1.165) is 24.9 Å². The first kappa shape index (κ1) is 12.7. The van der Waals surface area contributed by atoms with Crippen LogP contribution in [-0.2, 0) is 13.1 Å². The predicted octanol–water partition coefficient (Wildman–Crippen LogP) is 2.76. The molecule has 1 fully saturated rings.